The van der Waals surface area contributed by atoms with Gasteiger partial charge in [-0.3, -0.25) is 9.78 Å². The minimum atomic E-state index is -0.188. The van der Waals surface area contributed by atoms with Gasteiger partial charge in [0, 0.05) is 17.7 Å². The molecule has 0 saturated heterocycles. The van der Waals surface area contributed by atoms with Crippen molar-refractivity contribution in [1.29, 1.82) is 0 Å². The van der Waals surface area contributed by atoms with Crippen LogP contribution in [0.2, 0.25) is 0 Å². The summed E-state index contributed by atoms with van der Waals surface area (Å²) < 4.78 is 5.58. The summed E-state index contributed by atoms with van der Waals surface area (Å²) in [6.45, 7) is 5.80. The third-order valence-electron chi connectivity index (χ3n) is 3.06. The second kappa shape index (κ2) is 6.33. The van der Waals surface area contributed by atoms with Crippen molar-refractivity contribution in [2.45, 2.75) is 32.8 Å². The van der Waals surface area contributed by atoms with Crippen molar-refractivity contribution in [3.63, 3.8) is 0 Å². The number of pyridine rings is 1. The molecule has 0 amide bonds. The van der Waals surface area contributed by atoms with Crippen LogP contribution in [-0.2, 0) is 0 Å². The molecule has 0 bridgehead atoms. The number of carbonyl (C=O) groups is 1. The Bertz CT molecular complexity index is 579. The number of hydrogen-bond acceptors (Lipinski definition) is 3. The van der Waals surface area contributed by atoms with Crippen molar-refractivity contribution in [2.24, 2.45) is 0 Å². The molecular weight excluding hydrogens is 250 g/mol. The third-order valence-corrected chi connectivity index (χ3v) is 3.06. The van der Waals surface area contributed by atoms with E-state index < -0.39 is 0 Å². The number of ketones is 1. The molecule has 104 valence electrons. The van der Waals surface area contributed by atoms with Gasteiger partial charge >= 0.3 is 0 Å². The third kappa shape index (κ3) is 3.44. The van der Waals surface area contributed by atoms with E-state index >= 15 is 0 Å². The molecule has 3 nitrogen and oxygen atoms in total. The minimum Gasteiger partial charge on any atom is -0.489 e. The van der Waals surface area contributed by atoms with Crippen molar-refractivity contribution in [3.05, 3.63) is 59.9 Å². The second-order valence-electron chi connectivity index (χ2n) is 5.07. The van der Waals surface area contributed by atoms with E-state index in [1.54, 1.807) is 18.5 Å². The highest BCUT2D eigenvalue weighted by Crippen LogP contribution is 2.22. The average molecular weight is 269 g/mol. The van der Waals surface area contributed by atoms with Gasteiger partial charge in [-0.05, 0) is 25.5 Å². The summed E-state index contributed by atoms with van der Waals surface area (Å²) in [4.78, 5) is 16.6. The summed E-state index contributed by atoms with van der Waals surface area (Å²) in [5.74, 6) is 0.497. The normalized spacial score (nSPS) is 12.2. The summed E-state index contributed by atoms with van der Waals surface area (Å²) >= 11 is 0. The van der Waals surface area contributed by atoms with E-state index in [2.05, 4.69) is 4.98 Å². The quantitative estimate of drug-likeness (QED) is 0.774. The Labute approximate surface area is 119 Å². The maximum Gasteiger partial charge on any atom is 0.171 e. The first-order chi connectivity index (χ1) is 9.58. The first-order valence-electron chi connectivity index (χ1n) is 6.79. The Balaban J connectivity index is 2.21. The first kappa shape index (κ1) is 14.3. The molecule has 1 aromatic carbocycles. The van der Waals surface area contributed by atoms with Gasteiger partial charge in [0.05, 0.1) is 12.3 Å². The molecule has 0 aliphatic heterocycles. The highest BCUT2D eigenvalue weighted by Gasteiger charge is 2.18. The van der Waals surface area contributed by atoms with Gasteiger partial charge in [0.2, 0.25) is 0 Å². The van der Waals surface area contributed by atoms with Crippen molar-refractivity contribution in [2.75, 3.05) is 0 Å². The molecule has 1 unspecified atom stereocenters. The highest BCUT2D eigenvalue weighted by molar-refractivity contribution is 6.00. The number of rotatable bonds is 5. The summed E-state index contributed by atoms with van der Waals surface area (Å²) in [5, 5.41) is 0. The van der Waals surface area contributed by atoms with Crippen LogP contribution in [0.3, 0.4) is 0 Å². The van der Waals surface area contributed by atoms with Crippen LogP contribution in [0.5, 0.6) is 5.75 Å². The van der Waals surface area contributed by atoms with Crippen LogP contribution in [0.4, 0.5) is 0 Å². The zero-order chi connectivity index (χ0) is 14.5. The summed E-state index contributed by atoms with van der Waals surface area (Å²) in [6.07, 6.45) is 3.28. The van der Waals surface area contributed by atoms with E-state index in [1.165, 1.54) is 0 Å². The van der Waals surface area contributed by atoms with Gasteiger partial charge in [-0.2, -0.15) is 0 Å². The van der Waals surface area contributed by atoms with E-state index in [-0.39, 0.29) is 17.8 Å². The minimum absolute atomic E-state index is 0.0536. The van der Waals surface area contributed by atoms with Crippen LogP contribution in [0.1, 0.15) is 42.6 Å². The predicted octanol–water partition coefficient (Wildman–Crippen LogP) is 3.86. The van der Waals surface area contributed by atoms with Crippen LogP contribution in [-0.4, -0.2) is 16.9 Å². The van der Waals surface area contributed by atoms with Gasteiger partial charge in [0.1, 0.15) is 5.75 Å². The number of benzene rings is 1. The Kier molecular flexibility index (Phi) is 4.51. The topological polar surface area (TPSA) is 39.2 Å². The Morgan fingerprint density at radius 3 is 2.45 bits per heavy atom. The lowest BCUT2D eigenvalue weighted by atomic mass is 9.93. The van der Waals surface area contributed by atoms with Crippen LogP contribution < -0.4 is 4.74 Å². The molecule has 1 aromatic heterocycles. The van der Waals surface area contributed by atoms with Gasteiger partial charge < -0.3 is 4.74 Å². The maximum atomic E-state index is 12.5. The summed E-state index contributed by atoms with van der Waals surface area (Å²) in [5.41, 5.74) is 1.59. The SMILES string of the molecule is CC(C)Oc1cncc(C(=O)C(C)c2ccccc2)c1. The molecule has 0 aliphatic carbocycles. The number of Topliss-reactive ketones (excluding diaryl/α,β-unsaturated/α-hetero) is 1. The Hall–Kier alpha value is -2.16. The van der Waals surface area contributed by atoms with E-state index in [9.17, 15) is 4.79 Å². The van der Waals surface area contributed by atoms with Crippen molar-refractivity contribution in [1.82, 2.24) is 4.98 Å². The summed E-state index contributed by atoms with van der Waals surface area (Å²) in [6, 6.07) is 11.5. The zero-order valence-corrected chi connectivity index (χ0v) is 12.0. The lowest BCUT2D eigenvalue weighted by Crippen LogP contribution is -2.11. The highest BCUT2D eigenvalue weighted by atomic mass is 16.5. The van der Waals surface area contributed by atoms with Crippen molar-refractivity contribution >= 4 is 5.78 Å². The molecule has 2 aromatic rings. The zero-order valence-electron chi connectivity index (χ0n) is 12.0. The molecule has 20 heavy (non-hydrogen) atoms. The van der Waals surface area contributed by atoms with E-state index in [0.717, 1.165) is 5.56 Å². The van der Waals surface area contributed by atoms with Crippen LogP contribution in [0.15, 0.2) is 48.8 Å². The number of aromatic nitrogens is 1. The smallest absolute Gasteiger partial charge is 0.171 e. The molecule has 1 heterocycles. The van der Waals surface area contributed by atoms with E-state index in [0.29, 0.717) is 11.3 Å². The molecule has 3 heteroatoms. The predicted molar refractivity (Wildman–Crippen MR) is 79.2 cm³/mol. The monoisotopic (exact) mass is 269 g/mol. The molecule has 0 fully saturated rings. The van der Waals surface area contributed by atoms with Crippen molar-refractivity contribution < 1.29 is 9.53 Å². The van der Waals surface area contributed by atoms with Gasteiger partial charge in [-0.15, -0.1) is 0 Å². The first-order valence-corrected chi connectivity index (χ1v) is 6.79. The maximum absolute atomic E-state index is 12.5. The number of hydrogen-bond donors (Lipinski definition) is 0. The van der Waals surface area contributed by atoms with E-state index in [1.807, 2.05) is 51.1 Å². The standard InChI is InChI=1S/C17H19NO2/c1-12(2)20-16-9-15(10-18-11-16)17(19)13(3)14-7-5-4-6-8-14/h4-13H,1-3H3. The van der Waals surface area contributed by atoms with Crippen LogP contribution in [0.25, 0.3) is 0 Å². The number of ether oxygens (including phenoxy) is 1. The lowest BCUT2D eigenvalue weighted by molar-refractivity contribution is 0.0965. The second-order valence-corrected chi connectivity index (χ2v) is 5.07. The average Bonchev–Trinajstić information content (AvgIpc) is 2.46. The molecule has 0 radical (unpaired) electrons. The largest absolute Gasteiger partial charge is 0.489 e. The fraction of sp³-hybridized carbons (Fsp3) is 0.294. The van der Waals surface area contributed by atoms with Gasteiger partial charge in [-0.1, -0.05) is 37.3 Å². The Morgan fingerprint density at radius 1 is 1.10 bits per heavy atom. The molecule has 0 spiro atoms. The van der Waals surface area contributed by atoms with Crippen molar-refractivity contribution in [3.8, 4) is 5.75 Å². The van der Waals surface area contributed by atoms with Gasteiger partial charge in [0.15, 0.2) is 5.78 Å². The lowest BCUT2D eigenvalue weighted by Gasteiger charge is -2.13. The molecule has 0 saturated carbocycles. The molecular formula is C17H19NO2. The fourth-order valence-electron chi connectivity index (χ4n) is 2.03. The molecule has 1 atom stereocenters. The number of nitrogens with zero attached hydrogens (tertiary/aromatic N) is 1. The van der Waals surface area contributed by atoms with E-state index in [4.69, 9.17) is 4.74 Å². The van der Waals surface area contributed by atoms with Gasteiger partial charge in [0.25, 0.3) is 0 Å². The van der Waals surface area contributed by atoms with Crippen LogP contribution in [0, 0.1) is 0 Å². The van der Waals surface area contributed by atoms with Gasteiger partial charge in [-0.25, -0.2) is 0 Å². The number of carbonyl (C=O) groups excluding carboxylic acids is 1. The molecule has 2 rings (SSSR count). The summed E-state index contributed by atoms with van der Waals surface area (Å²) in [7, 11) is 0. The Morgan fingerprint density at radius 2 is 1.80 bits per heavy atom. The molecule has 0 aliphatic rings. The molecule has 0 N–H and O–H groups in total. The van der Waals surface area contributed by atoms with Crippen LogP contribution >= 0.6 is 0 Å². The fourth-order valence-corrected chi connectivity index (χ4v) is 2.03.